The molecule has 2 aromatic rings. The average Bonchev–Trinajstić information content (AvgIpc) is 3.10. The van der Waals surface area contributed by atoms with E-state index in [1.165, 1.54) is 12.8 Å². The number of nitrogen functional groups attached to an aromatic ring is 1. The third kappa shape index (κ3) is 3.15. The highest BCUT2D eigenvalue weighted by atomic mass is 16.5. The van der Waals surface area contributed by atoms with Crippen LogP contribution in [0.1, 0.15) is 18.5 Å². The van der Waals surface area contributed by atoms with Crippen LogP contribution in [0.25, 0.3) is 0 Å². The largest absolute Gasteiger partial charge is 0.476 e. The van der Waals surface area contributed by atoms with Gasteiger partial charge in [-0.15, -0.1) is 0 Å². The van der Waals surface area contributed by atoms with Crippen molar-refractivity contribution in [2.45, 2.75) is 19.4 Å². The molecule has 0 radical (unpaired) electrons. The fraction of sp³-hybridized carbons (Fsp3) is 0.385. The Morgan fingerprint density at radius 2 is 2.32 bits per heavy atom. The smallest absolute Gasteiger partial charge is 0.239 e. The molecular weight excluding hydrogens is 242 g/mol. The van der Waals surface area contributed by atoms with Crippen LogP contribution < -0.4 is 15.8 Å². The topological polar surface area (TPSA) is 88.8 Å². The minimum atomic E-state index is 0.515. The average molecular weight is 259 g/mol. The van der Waals surface area contributed by atoms with E-state index in [-0.39, 0.29) is 0 Å². The predicted molar refractivity (Wildman–Crippen MR) is 72.8 cm³/mol. The highest BCUT2D eigenvalue weighted by Gasteiger charge is 2.22. The molecule has 0 atom stereocenters. The third-order valence-corrected chi connectivity index (χ3v) is 3.06. The highest BCUT2D eigenvalue weighted by molar-refractivity contribution is 5.53. The maximum atomic E-state index is 5.86. The van der Waals surface area contributed by atoms with E-state index in [2.05, 4.69) is 20.3 Å². The fourth-order valence-electron chi connectivity index (χ4n) is 1.71. The van der Waals surface area contributed by atoms with Gasteiger partial charge in [-0.1, -0.05) is 0 Å². The molecule has 0 unspecified atom stereocenters. The second kappa shape index (κ2) is 5.17. The summed E-state index contributed by atoms with van der Waals surface area (Å²) in [6.07, 6.45) is 5.92. The first-order valence-electron chi connectivity index (χ1n) is 6.41. The summed E-state index contributed by atoms with van der Waals surface area (Å²) >= 11 is 0. The van der Waals surface area contributed by atoms with Crippen LogP contribution in [0, 0.1) is 5.92 Å². The minimum Gasteiger partial charge on any atom is -0.476 e. The van der Waals surface area contributed by atoms with Gasteiger partial charge < -0.3 is 20.8 Å². The Kier molecular flexibility index (Phi) is 3.22. The highest BCUT2D eigenvalue weighted by Crippen LogP contribution is 2.30. The van der Waals surface area contributed by atoms with Crippen molar-refractivity contribution in [1.82, 2.24) is 15.0 Å². The molecule has 2 heterocycles. The fourth-order valence-corrected chi connectivity index (χ4v) is 1.71. The number of imidazole rings is 1. The van der Waals surface area contributed by atoms with Gasteiger partial charge in [-0.2, -0.15) is 4.98 Å². The molecule has 4 N–H and O–H groups in total. The molecule has 0 aromatic carbocycles. The van der Waals surface area contributed by atoms with Gasteiger partial charge in [0, 0.05) is 6.20 Å². The van der Waals surface area contributed by atoms with Gasteiger partial charge in [-0.05, 0) is 30.9 Å². The Morgan fingerprint density at radius 1 is 1.42 bits per heavy atom. The van der Waals surface area contributed by atoms with Crippen LogP contribution in [-0.2, 0) is 6.54 Å². The van der Waals surface area contributed by atoms with Crippen molar-refractivity contribution in [1.29, 1.82) is 0 Å². The molecule has 1 aliphatic rings. The molecule has 2 aromatic heterocycles. The Balaban J connectivity index is 1.62. The van der Waals surface area contributed by atoms with Crippen LogP contribution in [-0.4, -0.2) is 21.6 Å². The van der Waals surface area contributed by atoms with Crippen LogP contribution in [0.15, 0.2) is 24.7 Å². The van der Waals surface area contributed by atoms with Crippen LogP contribution in [0.2, 0.25) is 0 Å². The molecule has 3 rings (SSSR count). The molecule has 0 aliphatic heterocycles. The van der Waals surface area contributed by atoms with Crippen molar-refractivity contribution < 1.29 is 4.74 Å². The van der Waals surface area contributed by atoms with Crippen molar-refractivity contribution >= 4 is 11.5 Å². The Hall–Kier alpha value is -2.24. The molecule has 6 nitrogen and oxygen atoms in total. The number of anilines is 2. The lowest BCUT2D eigenvalue weighted by Gasteiger charge is -2.10. The number of aromatic amines is 1. The number of pyridine rings is 1. The molecule has 0 spiro atoms. The number of nitrogens with one attached hydrogen (secondary N) is 2. The zero-order valence-electron chi connectivity index (χ0n) is 10.6. The first-order chi connectivity index (χ1) is 9.31. The summed E-state index contributed by atoms with van der Waals surface area (Å²) in [5.41, 5.74) is 7.43. The van der Waals surface area contributed by atoms with Gasteiger partial charge in [0.2, 0.25) is 5.88 Å². The first kappa shape index (κ1) is 11.8. The molecule has 0 amide bonds. The van der Waals surface area contributed by atoms with Crippen molar-refractivity contribution in [3.05, 3.63) is 30.4 Å². The van der Waals surface area contributed by atoms with E-state index in [1.54, 1.807) is 12.5 Å². The molecule has 0 saturated heterocycles. The summed E-state index contributed by atoms with van der Waals surface area (Å²) in [5, 5.41) is 3.20. The summed E-state index contributed by atoms with van der Waals surface area (Å²) < 4.78 is 5.64. The standard InChI is InChI=1S/C13H17N5O/c14-11-3-4-12(16-6-10-5-15-8-17-10)18-13(11)19-7-9-1-2-9/h3-5,8-9H,1-2,6-7,14H2,(H,15,17)(H,16,18). The molecule has 100 valence electrons. The summed E-state index contributed by atoms with van der Waals surface area (Å²) in [5.74, 6) is 1.94. The second-order valence-corrected chi connectivity index (χ2v) is 4.78. The molecular formula is C13H17N5O. The molecule has 0 bridgehead atoms. The van der Waals surface area contributed by atoms with Crippen molar-refractivity contribution in [2.24, 2.45) is 5.92 Å². The van der Waals surface area contributed by atoms with Crippen molar-refractivity contribution in [2.75, 3.05) is 17.7 Å². The van der Waals surface area contributed by atoms with E-state index < -0.39 is 0 Å². The Morgan fingerprint density at radius 3 is 3.05 bits per heavy atom. The Labute approximate surface area is 111 Å². The number of aromatic nitrogens is 3. The molecule has 6 heteroatoms. The maximum absolute atomic E-state index is 5.86. The van der Waals surface area contributed by atoms with Gasteiger partial charge in [0.05, 0.1) is 30.9 Å². The number of nitrogens with zero attached hydrogens (tertiary/aromatic N) is 2. The number of ether oxygens (including phenoxy) is 1. The lowest BCUT2D eigenvalue weighted by molar-refractivity contribution is 0.290. The predicted octanol–water partition coefficient (Wildman–Crippen LogP) is 1.79. The van der Waals surface area contributed by atoms with Gasteiger partial charge in [0.25, 0.3) is 0 Å². The number of nitrogens with two attached hydrogens (primary N) is 1. The van der Waals surface area contributed by atoms with Crippen LogP contribution in [0.4, 0.5) is 11.5 Å². The maximum Gasteiger partial charge on any atom is 0.239 e. The lowest BCUT2D eigenvalue weighted by atomic mass is 10.4. The van der Waals surface area contributed by atoms with Gasteiger partial charge >= 0.3 is 0 Å². The number of hydrogen-bond donors (Lipinski definition) is 3. The summed E-state index contributed by atoms with van der Waals surface area (Å²) in [4.78, 5) is 11.4. The van der Waals surface area contributed by atoms with E-state index in [0.717, 1.165) is 11.5 Å². The van der Waals surface area contributed by atoms with E-state index >= 15 is 0 Å². The number of H-pyrrole nitrogens is 1. The molecule has 1 aliphatic carbocycles. The zero-order chi connectivity index (χ0) is 13.1. The Bertz CT molecular complexity index is 536. The monoisotopic (exact) mass is 259 g/mol. The molecule has 19 heavy (non-hydrogen) atoms. The van der Waals surface area contributed by atoms with Crippen LogP contribution in [0.3, 0.4) is 0 Å². The van der Waals surface area contributed by atoms with E-state index in [0.29, 0.717) is 30.6 Å². The summed E-state index contributed by atoms with van der Waals surface area (Å²) in [6.45, 7) is 1.35. The summed E-state index contributed by atoms with van der Waals surface area (Å²) in [7, 11) is 0. The van der Waals surface area contributed by atoms with Crippen molar-refractivity contribution in [3.8, 4) is 5.88 Å². The van der Waals surface area contributed by atoms with Crippen molar-refractivity contribution in [3.63, 3.8) is 0 Å². The van der Waals surface area contributed by atoms with E-state index in [4.69, 9.17) is 10.5 Å². The third-order valence-electron chi connectivity index (χ3n) is 3.06. The number of rotatable bonds is 6. The molecule has 1 fully saturated rings. The van der Waals surface area contributed by atoms with Crippen LogP contribution >= 0.6 is 0 Å². The van der Waals surface area contributed by atoms with E-state index in [1.807, 2.05) is 12.1 Å². The minimum absolute atomic E-state index is 0.515. The van der Waals surface area contributed by atoms with Gasteiger partial charge in [0.15, 0.2) is 0 Å². The summed E-state index contributed by atoms with van der Waals surface area (Å²) in [6, 6.07) is 3.65. The first-order valence-corrected chi connectivity index (χ1v) is 6.41. The quantitative estimate of drug-likeness (QED) is 0.736. The molecule has 1 saturated carbocycles. The van der Waals surface area contributed by atoms with Gasteiger partial charge in [-0.3, -0.25) is 0 Å². The van der Waals surface area contributed by atoms with Crippen LogP contribution in [0.5, 0.6) is 5.88 Å². The van der Waals surface area contributed by atoms with E-state index in [9.17, 15) is 0 Å². The lowest BCUT2D eigenvalue weighted by Crippen LogP contribution is -2.07. The normalized spacial score (nSPS) is 14.3. The van der Waals surface area contributed by atoms with Gasteiger partial charge in [-0.25, -0.2) is 4.98 Å². The number of hydrogen-bond acceptors (Lipinski definition) is 5. The van der Waals surface area contributed by atoms with Gasteiger partial charge in [0.1, 0.15) is 5.82 Å². The zero-order valence-corrected chi connectivity index (χ0v) is 10.6. The second-order valence-electron chi connectivity index (χ2n) is 4.78. The SMILES string of the molecule is Nc1ccc(NCc2cnc[nH]2)nc1OCC1CC1.